The lowest BCUT2D eigenvalue weighted by Crippen LogP contribution is -2.35. The number of aliphatic hydroxyl groups is 1. The number of hydrogen-bond donors (Lipinski definition) is 2. The number of rotatable bonds is 6. The highest BCUT2D eigenvalue weighted by atomic mass is 35.5. The zero-order chi connectivity index (χ0) is 14.4. The number of halogens is 1. The first kappa shape index (κ1) is 15.3. The summed E-state index contributed by atoms with van der Waals surface area (Å²) >= 11 is 6.05. The van der Waals surface area contributed by atoms with Crippen molar-refractivity contribution in [2.75, 3.05) is 26.2 Å². The number of amides is 1. The second-order valence-corrected chi connectivity index (χ2v) is 5.68. The summed E-state index contributed by atoms with van der Waals surface area (Å²) in [5.74, 6) is 0.547. The minimum absolute atomic E-state index is 0.0227. The van der Waals surface area contributed by atoms with Crippen LogP contribution in [0.15, 0.2) is 24.3 Å². The zero-order valence-corrected chi connectivity index (χ0v) is 12.3. The Bertz CT molecular complexity index is 453. The van der Waals surface area contributed by atoms with Crippen LogP contribution >= 0.6 is 11.6 Å². The molecule has 1 aliphatic heterocycles. The summed E-state index contributed by atoms with van der Waals surface area (Å²) in [4.78, 5) is 14.0. The molecule has 0 saturated carbocycles. The van der Waals surface area contributed by atoms with E-state index in [0.717, 1.165) is 31.5 Å². The molecule has 1 amide bonds. The predicted octanol–water partition coefficient (Wildman–Crippen LogP) is 1.66. The Kier molecular flexibility index (Phi) is 5.83. The lowest BCUT2D eigenvalue weighted by molar-refractivity contribution is -0.122. The molecule has 0 radical (unpaired) electrons. The van der Waals surface area contributed by atoms with E-state index in [1.54, 1.807) is 0 Å². The first-order valence-corrected chi connectivity index (χ1v) is 7.40. The molecule has 1 aromatic rings. The summed E-state index contributed by atoms with van der Waals surface area (Å²) in [5.41, 5.74) is 0.932. The Morgan fingerprint density at radius 2 is 2.25 bits per heavy atom. The van der Waals surface area contributed by atoms with Crippen LogP contribution in [0, 0.1) is 5.92 Å². The highest BCUT2D eigenvalue weighted by Gasteiger charge is 2.23. The van der Waals surface area contributed by atoms with Crippen LogP contribution in [0.1, 0.15) is 18.4 Å². The van der Waals surface area contributed by atoms with E-state index >= 15 is 0 Å². The second-order valence-electron chi connectivity index (χ2n) is 5.27. The molecule has 1 heterocycles. The number of benzene rings is 1. The van der Waals surface area contributed by atoms with Gasteiger partial charge in [0, 0.05) is 24.7 Å². The van der Waals surface area contributed by atoms with Gasteiger partial charge in [0.2, 0.25) is 5.91 Å². The molecule has 1 aliphatic rings. The van der Waals surface area contributed by atoms with Gasteiger partial charge in [0.25, 0.3) is 0 Å². The van der Waals surface area contributed by atoms with Gasteiger partial charge < -0.3 is 10.4 Å². The number of nitrogens with zero attached hydrogens (tertiary/aromatic N) is 1. The highest BCUT2D eigenvalue weighted by Crippen LogP contribution is 2.18. The Balaban J connectivity index is 1.72. The van der Waals surface area contributed by atoms with Gasteiger partial charge in [0.15, 0.2) is 0 Å². The topological polar surface area (TPSA) is 52.6 Å². The molecule has 0 aromatic heterocycles. The molecule has 0 bridgehead atoms. The number of aliphatic hydroxyl groups excluding tert-OH is 1. The lowest BCUT2D eigenvalue weighted by atomic mass is 10.1. The molecule has 5 heteroatoms. The molecular weight excluding hydrogens is 276 g/mol. The van der Waals surface area contributed by atoms with E-state index < -0.39 is 0 Å². The molecule has 20 heavy (non-hydrogen) atoms. The van der Waals surface area contributed by atoms with E-state index in [1.165, 1.54) is 0 Å². The minimum Gasteiger partial charge on any atom is -0.396 e. The monoisotopic (exact) mass is 296 g/mol. The summed E-state index contributed by atoms with van der Waals surface area (Å²) in [6.07, 6.45) is 1.90. The molecule has 2 rings (SSSR count). The molecule has 1 unspecified atom stereocenters. The number of carbonyl (C=O) groups excluding carboxylic acids is 1. The Morgan fingerprint density at radius 1 is 1.45 bits per heavy atom. The van der Waals surface area contributed by atoms with Crippen molar-refractivity contribution in [1.82, 2.24) is 10.2 Å². The van der Waals surface area contributed by atoms with Gasteiger partial charge >= 0.3 is 0 Å². The highest BCUT2D eigenvalue weighted by molar-refractivity contribution is 6.31. The maximum absolute atomic E-state index is 11.9. The maximum Gasteiger partial charge on any atom is 0.234 e. The van der Waals surface area contributed by atoms with Crippen LogP contribution in [-0.4, -0.2) is 42.2 Å². The fourth-order valence-corrected chi connectivity index (χ4v) is 2.77. The third-order valence-electron chi connectivity index (χ3n) is 3.71. The van der Waals surface area contributed by atoms with E-state index in [0.29, 0.717) is 24.0 Å². The normalized spacial score (nSPS) is 19.2. The first-order valence-electron chi connectivity index (χ1n) is 7.02. The van der Waals surface area contributed by atoms with Crippen molar-refractivity contribution in [3.63, 3.8) is 0 Å². The zero-order valence-electron chi connectivity index (χ0n) is 11.5. The van der Waals surface area contributed by atoms with E-state index in [9.17, 15) is 4.79 Å². The Morgan fingerprint density at radius 3 is 3.00 bits per heavy atom. The molecule has 4 nitrogen and oxygen atoms in total. The van der Waals surface area contributed by atoms with Crippen LogP contribution in [0.4, 0.5) is 0 Å². The van der Waals surface area contributed by atoms with Gasteiger partial charge in [-0.25, -0.2) is 0 Å². The standard InChI is InChI=1S/C15H21ClN2O2/c16-14-4-2-1-3-13(14)9-17-15(20)11-18-7-5-12(10-18)6-8-19/h1-4,12,19H,5-11H2,(H,17,20). The summed E-state index contributed by atoms with van der Waals surface area (Å²) in [6.45, 7) is 2.96. The summed E-state index contributed by atoms with van der Waals surface area (Å²) < 4.78 is 0. The first-order chi connectivity index (χ1) is 9.69. The summed E-state index contributed by atoms with van der Waals surface area (Å²) in [5, 5.41) is 12.5. The van der Waals surface area contributed by atoms with E-state index in [4.69, 9.17) is 16.7 Å². The van der Waals surface area contributed by atoms with Gasteiger partial charge in [-0.15, -0.1) is 0 Å². The third-order valence-corrected chi connectivity index (χ3v) is 4.08. The number of likely N-dealkylation sites (tertiary alicyclic amines) is 1. The molecule has 1 atom stereocenters. The molecule has 1 fully saturated rings. The molecule has 0 aliphatic carbocycles. The molecular formula is C15H21ClN2O2. The average molecular weight is 297 g/mol. The fraction of sp³-hybridized carbons (Fsp3) is 0.533. The summed E-state index contributed by atoms with van der Waals surface area (Å²) in [6, 6.07) is 7.52. The van der Waals surface area contributed by atoms with Crippen LogP contribution in [0.3, 0.4) is 0 Å². The number of carbonyl (C=O) groups is 1. The molecule has 2 N–H and O–H groups in total. The van der Waals surface area contributed by atoms with Crippen molar-refractivity contribution in [2.24, 2.45) is 5.92 Å². The van der Waals surface area contributed by atoms with E-state index in [-0.39, 0.29) is 12.5 Å². The average Bonchev–Trinajstić information content (AvgIpc) is 2.85. The van der Waals surface area contributed by atoms with Crippen molar-refractivity contribution in [1.29, 1.82) is 0 Å². The van der Waals surface area contributed by atoms with Crippen LogP contribution in [0.5, 0.6) is 0 Å². The van der Waals surface area contributed by atoms with Gasteiger partial charge in [-0.05, 0) is 36.9 Å². The van der Waals surface area contributed by atoms with Crippen molar-refractivity contribution in [3.8, 4) is 0 Å². The second kappa shape index (κ2) is 7.62. The fourth-order valence-electron chi connectivity index (χ4n) is 2.57. The SMILES string of the molecule is O=C(CN1CCC(CCO)C1)NCc1ccccc1Cl. The summed E-state index contributed by atoms with van der Waals surface area (Å²) in [7, 11) is 0. The third kappa shape index (κ3) is 4.47. The van der Waals surface area contributed by atoms with Gasteiger partial charge in [-0.2, -0.15) is 0 Å². The van der Waals surface area contributed by atoms with Crippen LogP contribution in [-0.2, 0) is 11.3 Å². The van der Waals surface area contributed by atoms with E-state index in [1.807, 2.05) is 24.3 Å². The molecule has 0 spiro atoms. The molecule has 110 valence electrons. The quantitative estimate of drug-likeness (QED) is 0.839. The molecule has 1 aromatic carbocycles. The van der Waals surface area contributed by atoms with Gasteiger partial charge in [0.05, 0.1) is 6.54 Å². The lowest BCUT2D eigenvalue weighted by Gasteiger charge is -2.15. The van der Waals surface area contributed by atoms with Crippen molar-refractivity contribution in [2.45, 2.75) is 19.4 Å². The largest absolute Gasteiger partial charge is 0.396 e. The minimum atomic E-state index is 0.0227. The van der Waals surface area contributed by atoms with Crippen LogP contribution in [0.2, 0.25) is 5.02 Å². The van der Waals surface area contributed by atoms with Crippen LogP contribution in [0.25, 0.3) is 0 Å². The maximum atomic E-state index is 11.9. The van der Waals surface area contributed by atoms with Crippen LogP contribution < -0.4 is 5.32 Å². The Labute approximate surface area is 124 Å². The predicted molar refractivity (Wildman–Crippen MR) is 79.5 cm³/mol. The van der Waals surface area contributed by atoms with Gasteiger partial charge in [0.1, 0.15) is 0 Å². The smallest absolute Gasteiger partial charge is 0.234 e. The van der Waals surface area contributed by atoms with Crippen molar-refractivity contribution >= 4 is 17.5 Å². The van der Waals surface area contributed by atoms with E-state index in [2.05, 4.69) is 10.2 Å². The Hall–Kier alpha value is -1.10. The number of hydrogen-bond acceptors (Lipinski definition) is 3. The number of nitrogens with one attached hydrogen (secondary N) is 1. The van der Waals surface area contributed by atoms with Gasteiger partial charge in [-0.3, -0.25) is 9.69 Å². The van der Waals surface area contributed by atoms with Crippen molar-refractivity contribution < 1.29 is 9.90 Å². The molecule has 1 saturated heterocycles. The van der Waals surface area contributed by atoms with Crippen molar-refractivity contribution in [3.05, 3.63) is 34.9 Å². The van der Waals surface area contributed by atoms with Gasteiger partial charge in [-0.1, -0.05) is 29.8 Å².